The van der Waals surface area contributed by atoms with E-state index in [-0.39, 0.29) is 0 Å². The first-order valence-corrected chi connectivity index (χ1v) is 7.29. The Balaban J connectivity index is 2.47. The van der Waals surface area contributed by atoms with Crippen LogP contribution in [0, 0.1) is 0 Å². The minimum atomic E-state index is -0.733. The number of hydrogen-bond acceptors (Lipinski definition) is 4. The van der Waals surface area contributed by atoms with Crippen molar-refractivity contribution in [3.63, 3.8) is 0 Å². The Labute approximate surface area is 103 Å². The Bertz CT molecular complexity index is 373. The quantitative estimate of drug-likeness (QED) is 0.628. The van der Waals surface area contributed by atoms with E-state index in [4.69, 9.17) is 11.6 Å². The van der Waals surface area contributed by atoms with Crippen molar-refractivity contribution in [3.8, 4) is 0 Å². The Morgan fingerprint density at radius 3 is 2.88 bits per heavy atom. The molecule has 1 heterocycles. The van der Waals surface area contributed by atoms with Crippen LogP contribution in [0.5, 0.6) is 0 Å². The number of nitrogens with zero attached hydrogens (tertiary/aromatic N) is 2. The molecule has 1 aromatic rings. The lowest BCUT2D eigenvalue weighted by molar-refractivity contribution is 0.685. The summed E-state index contributed by atoms with van der Waals surface area (Å²) in [5.74, 6) is 2.17. The highest BCUT2D eigenvalue weighted by molar-refractivity contribution is 7.84. The van der Waals surface area contributed by atoms with Gasteiger partial charge in [-0.3, -0.25) is 4.21 Å². The lowest BCUT2D eigenvalue weighted by Gasteiger charge is -2.06. The van der Waals surface area contributed by atoms with Gasteiger partial charge in [-0.15, -0.1) is 0 Å². The van der Waals surface area contributed by atoms with Crippen molar-refractivity contribution in [2.45, 2.75) is 19.8 Å². The van der Waals surface area contributed by atoms with Gasteiger partial charge in [-0.25, -0.2) is 9.97 Å². The van der Waals surface area contributed by atoms with Crippen LogP contribution >= 0.6 is 11.6 Å². The van der Waals surface area contributed by atoms with Crippen LogP contribution in [0.2, 0.25) is 5.15 Å². The van der Waals surface area contributed by atoms with Crippen LogP contribution in [0.4, 0.5) is 5.82 Å². The average Bonchev–Trinajstić information content (AvgIpc) is 2.23. The summed E-state index contributed by atoms with van der Waals surface area (Å²) in [5.41, 5.74) is 0. The highest BCUT2D eigenvalue weighted by atomic mass is 35.5. The van der Waals surface area contributed by atoms with Gasteiger partial charge in [0.2, 0.25) is 0 Å². The molecule has 6 heteroatoms. The standard InChI is InChI=1S/C10H16ClN3OS/c1-3-9-13-8(11)7-10(14-9)12-5-4-6-16(2)15/h7H,3-6H2,1-2H3,(H,12,13,14). The second-order valence-electron chi connectivity index (χ2n) is 3.40. The molecule has 0 aliphatic heterocycles. The van der Waals surface area contributed by atoms with E-state index in [1.54, 1.807) is 12.3 Å². The highest BCUT2D eigenvalue weighted by Gasteiger charge is 2.01. The Morgan fingerprint density at radius 1 is 1.50 bits per heavy atom. The molecule has 0 saturated heterocycles. The van der Waals surface area contributed by atoms with E-state index < -0.39 is 10.8 Å². The van der Waals surface area contributed by atoms with Crippen LogP contribution in [0.3, 0.4) is 0 Å². The number of nitrogens with one attached hydrogen (secondary N) is 1. The van der Waals surface area contributed by atoms with E-state index in [0.29, 0.717) is 10.9 Å². The summed E-state index contributed by atoms with van der Waals surface area (Å²) in [6.07, 6.45) is 3.32. The smallest absolute Gasteiger partial charge is 0.134 e. The molecule has 1 aromatic heterocycles. The van der Waals surface area contributed by atoms with Crippen LogP contribution in [0.1, 0.15) is 19.2 Å². The number of hydrogen-bond donors (Lipinski definition) is 1. The third kappa shape index (κ3) is 4.90. The topological polar surface area (TPSA) is 54.9 Å². The van der Waals surface area contributed by atoms with E-state index >= 15 is 0 Å². The van der Waals surface area contributed by atoms with Crippen molar-refractivity contribution in [1.82, 2.24) is 9.97 Å². The predicted molar refractivity (Wildman–Crippen MR) is 68.5 cm³/mol. The van der Waals surface area contributed by atoms with Gasteiger partial charge in [-0.2, -0.15) is 0 Å². The zero-order valence-electron chi connectivity index (χ0n) is 9.49. The Morgan fingerprint density at radius 2 is 2.25 bits per heavy atom. The summed E-state index contributed by atoms with van der Waals surface area (Å²) in [4.78, 5) is 8.36. The van der Waals surface area contributed by atoms with Gasteiger partial charge in [0.1, 0.15) is 16.8 Å². The second-order valence-corrected chi connectivity index (χ2v) is 5.35. The number of aromatic nitrogens is 2. The fourth-order valence-electron chi connectivity index (χ4n) is 1.21. The number of rotatable bonds is 6. The maximum Gasteiger partial charge on any atom is 0.134 e. The van der Waals surface area contributed by atoms with Crippen molar-refractivity contribution < 1.29 is 4.21 Å². The summed E-state index contributed by atoms with van der Waals surface area (Å²) in [7, 11) is -0.733. The summed E-state index contributed by atoms with van der Waals surface area (Å²) in [6.45, 7) is 2.73. The second kappa shape index (κ2) is 6.81. The lowest BCUT2D eigenvalue weighted by Crippen LogP contribution is -2.08. The van der Waals surface area contributed by atoms with Gasteiger partial charge >= 0.3 is 0 Å². The molecule has 16 heavy (non-hydrogen) atoms. The first-order chi connectivity index (χ1) is 7.61. The molecule has 4 nitrogen and oxygen atoms in total. The Kier molecular flexibility index (Phi) is 5.69. The minimum Gasteiger partial charge on any atom is -0.370 e. The van der Waals surface area contributed by atoms with Crippen LogP contribution in [0.15, 0.2) is 6.07 Å². The molecule has 0 aromatic carbocycles. The van der Waals surface area contributed by atoms with E-state index in [1.165, 1.54) is 0 Å². The molecule has 0 fully saturated rings. The van der Waals surface area contributed by atoms with E-state index in [1.807, 2.05) is 6.92 Å². The molecule has 1 rings (SSSR count). The molecule has 0 aliphatic carbocycles. The van der Waals surface area contributed by atoms with Gasteiger partial charge in [0.25, 0.3) is 0 Å². The lowest BCUT2D eigenvalue weighted by atomic mass is 10.4. The summed E-state index contributed by atoms with van der Waals surface area (Å²) in [5, 5.41) is 3.60. The fourth-order valence-corrected chi connectivity index (χ4v) is 1.96. The predicted octanol–water partition coefficient (Wildman–Crippen LogP) is 1.87. The van der Waals surface area contributed by atoms with Gasteiger partial charge in [0, 0.05) is 41.8 Å². The number of anilines is 1. The van der Waals surface area contributed by atoms with E-state index in [2.05, 4.69) is 15.3 Å². The Hall–Kier alpha value is -0.680. The normalized spacial score (nSPS) is 12.4. The van der Waals surface area contributed by atoms with E-state index in [0.717, 1.165) is 31.0 Å². The number of halogens is 1. The van der Waals surface area contributed by atoms with Crippen molar-refractivity contribution in [3.05, 3.63) is 17.0 Å². The first-order valence-electron chi connectivity index (χ1n) is 5.19. The molecule has 0 aliphatic rings. The molecule has 0 amide bonds. The van der Waals surface area contributed by atoms with Crippen molar-refractivity contribution in [2.75, 3.05) is 23.9 Å². The van der Waals surface area contributed by atoms with Crippen LogP contribution < -0.4 is 5.32 Å². The van der Waals surface area contributed by atoms with Crippen LogP contribution in [-0.4, -0.2) is 32.7 Å². The van der Waals surface area contributed by atoms with E-state index in [9.17, 15) is 4.21 Å². The molecule has 0 spiro atoms. The molecule has 0 radical (unpaired) electrons. The summed E-state index contributed by atoms with van der Waals surface area (Å²) in [6, 6.07) is 1.70. The van der Waals surface area contributed by atoms with Crippen molar-refractivity contribution in [1.29, 1.82) is 0 Å². The average molecular weight is 262 g/mol. The third-order valence-electron chi connectivity index (χ3n) is 1.97. The van der Waals surface area contributed by atoms with Crippen molar-refractivity contribution >= 4 is 28.2 Å². The minimum absolute atomic E-state index is 0.452. The molecule has 0 bridgehead atoms. The summed E-state index contributed by atoms with van der Waals surface area (Å²) >= 11 is 5.85. The first kappa shape index (κ1) is 13.4. The molecule has 0 saturated carbocycles. The zero-order valence-corrected chi connectivity index (χ0v) is 11.1. The van der Waals surface area contributed by atoms with Crippen LogP contribution in [0.25, 0.3) is 0 Å². The zero-order chi connectivity index (χ0) is 12.0. The fraction of sp³-hybridized carbons (Fsp3) is 0.600. The maximum absolute atomic E-state index is 10.8. The molecular weight excluding hydrogens is 246 g/mol. The molecule has 1 unspecified atom stereocenters. The van der Waals surface area contributed by atoms with Crippen molar-refractivity contribution in [2.24, 2.45) is 0 Å². The van der Waals surface area contributed by atoms with Gasteiger partial charge in [0.15, 0.2) is 0 Å². The van der Waals surface area contributed by atoms with Gasteiger partial charge in [0.05, 0.1) is 0 Å². The highest BCUT2D eigenvalue weighted by Crippen LogP contribution is 2.11. The van der Waals surface area contributed by atoms with Gasteiger partial charge in [-0.1, -0.05) is 18.5 Å². The summed E-state index contributed by atoms with van der Waals surface area (Å²) < 4.78 is 10.8. The van der Waals surface area contributed by atoms with Crippen LogP contribution in [-0.2, 0) is 17.2 Å². The molecule has 1 N–H and O–H groups in total. The molecular formula is C10H16ClN3OS. The maximum atomic E-state index is 10.8. The molecule has 90 valence electrons. The third-order valence-corrected chi connectivity index (χ3v) is 3.03. The molecule has 1 atom stereocenters. The monoisotopic (exact) mass is 261 g/mol. The van der Waals surface area contributed by atoms with Gasteiger partial charge in [-0.05, 0) is 6.42 Å². The SMILES string of the molecule is CCc1nc(Cl)cc(NCCCS(C)=O)n1. The largest absolute Gasteiger partial charge is 0.370 e. The number of aryl methyl sites for hydroxylation is 1. The van der Waals surface area contributed by atoms with Gasteiger partial charge < -0.3 is 5.32 Å².